The first-order valence-corrected chi connectivity index (χ1v) is 13.9. The van der Waals surface area contributed by atoms with Crippen LogP contribution in [0, 0.1) is 20.9 Å². The number of benzene rings is 2. The number of nitro groups is 1. The number of ketones is 2. The fourth-order valence-electron chi connectivity index (χ4n) is 6.35. The largest absolute Gasteiger partial charge is 0.450 e. The molecule has 0 N–H and O–H groups in total. The van der Waals surface area contributed by atoms with Gasteiger partial charge in [0.05, 0.1) is 10.5 Å². The van der Waals surface area contributed by atoms with E-state index in [0.717, 1.165) is 17.5 Å². The topological polar surface area (TPSA) is 89.8 Å². The molecule has 2 aromatic carbocycles. The van der Waals surface area contributed by atoms with Crippen LogP contribution < -0.4 is 4.74 Å². The molecule has 0 fully saturated rings. The summed E-state index contributed by atoms with van der Waals surface area (Å²) in [6.45, 7) is 8.04. The van der Waals surface area contributed by atoms with Crippen molar-refractivity contribution < 1.29 is 32.4 Å². The van der Waals surface area contributed by atoms with Crippen LogP contribution in [0.3, 0.4) is 0 Å². The predicted molar refractivity (Wildman–Crippen MR) is 150 cm³/mol. The van der Waals surface area contributed by atoms with Crippen molar-refractivity contribution in [2.45, 2.75) is 65.5 Å². The standard InChI is InChI=1S/C31H30ClF3N2O5/c1-29(2)12-20-27(22(38)14-29)26(28-21(36(20)5)13-30(3,4)15-23(28)39)18-11-17(32)7-9-24(18)42-25-8-6-16(31(33,34)35)10-19(25)37(40)41/h6-11,26H,12-15H2,1-5H3. The molecule has 1 heterocycles. The number of alkyl halides is 3. The predicted octanol–water partition coefficient (Wildman–Crippen LogP) is 8.37. The van der Waals surface area contributed by atoms with Gasteiger partial charge < -0.3 is 9.64 Å². The summed E-state index contributed by atoms with van der Waals surface area (Å²) in [6.07, 6.45) is -3.14. The fourth-order valence-corrected chi connectivity index (χ4v) is 6.54. The molecule has 0 aromatic heterocycles. The number of Topliss-reactive ketones (excluding diaryl/α,β-unsaturated/α-hetero) is 2. The maximum absolute atomic E-state index is 13.8. The second-order valence-corrected chi connectivity index (χ2v) is 13.3. The van der Waals surface area contributed by atoms with Gasteiger partial charge in [0.1, 0.15) is 5.75 Å². The number of rotatable bonds is 4. The number of allylic oxidation sites excluding steroid dienone is 4. The van der Waals surface area contributed by atoms with E-state index in [1.54, 1.807) is 6.07 Å². The summed E-state index contributed by atoms with van der Waals surface area (Å²) in [4.78, 5) is 40.4. The molecule has 11 heteroatoms. The van der Waals surface area contributed by atoms with E-state index in [1.807, 2.05) is 39.6 Å². The van der Waals surface area contributed by atoms with Crippen LogP contribution in [0.2, 0.25) is 5.02 Å². The Morgan fingerprint density at radius 2 is 1.43 bits per heavy atom. The highest BCUT2D eigenvalue weighted by molar-refractivity contribution is 6.30. The summed E-state index contributed by atoms with van der Waals surface area (Å²) in [5.41, 5.74) is 0.0870. The average molecular weight is 603 g/mol. The number of nitrogens with zero attached hydrogens (tertiary/aromatic N) is 2. The van der Waals surface area contributed by atoms with Gasteiger partial charge in [-0.2, -0.15) is 13.2 Å². The lowest BCUT2D eigenvalue weighted by molar-refractivity contribution is -0.385. The third kappa shape index (κ3) is 5.32. The molecule has 2 aromatic rings. The van der Waals surface area contributed by atoms with Gasteiger partial charge in [-0.3, -0.25) is 19.7 Å². The quantitative estimate of drug-likeness (QED) is 0.258. The molecule has 1 aliphatic heterocycles. The van der Waals surface area contributed by atoms with Crippen molar-refractivity contribution in [3.63, 3.8) is 0 Å². The van der Waals surface area contributed by atoms with Crippen molar-refractivity contribution in [1.82, 2.24) is 4.90 Å². The first-order valence-electron chi connectivity index (χ1n) is 13.5. The molecule has 0 saturated heterocycles. The highest BCUT2D eigenvalue weighted by atomic mass is 35.5. The van der Waals surface area contributed by atoms with Crippen molar-refractivity contribution in [1.29, 1.82) is 0 Å². The van der Waals surface area contributed by atoms with E-state index >= 15 is 0 Å². The third-order valence-electron chi connectivity index (χ3n) is 8.17. The summed E-state index contributed by atoms with van der Waals surface area (Å²) in [5, 5.41) is 12.1. The second-order valence-electron chi connectivity index (χ2n) is 12.8. The molecular weight excluding hydrogens is 573 g/mol. The molecule has 0 bridgehead atoms. The minimum Gasteiger partial charge on any atom is -0.450 e. The lowest BCUT2D eigenvalue weighted by atomic mass is 9.63. The van der Waals surface area contributed by atoms with E-state index in [0.29, 0.717) is 41.7 Å². The first-order chi connectivity index (χ1) is 19.4. The van der Waals surface area contributed by atoms with Gasteiger partial charge in [0.2, 0.25) is 5.75 Å². The summed E-state index contributed by atoms with van der Waals surface area (Å²) in [5.74, 6) is -1.49. The van der Waals surface area contributed by atoms with E-state index in [-0.39, 0.29) is 46.0 Å². The SMILES string of the molecule is CN1C2=C(C(=O)CC(C)(C)C2)C(c2cc(Cl)ccc2Oc2ccc(C(F)(F)F)cc2[N+](=O)[O-])C2=C1CC(C)(C)CC2=O. The molecule has 5 rings (SSSR count). The van der Waals surface area contributed by atoms with E-state index < -0.39 is 34.0 Å². The lowest BCUT2D eigenvalue weighted by Gasteiger charge is -2.48. The van der Waals surface area contributed by atoms with Gasteiger partial charge in [0.25, 0.3) is 0 Å². The monoisotopic (exact) mass is 602 g/mol. The Balaban J connectivity index is 1.73. The highest BCUT2D eigenvalue weighted by Gasteiger charge is 2.49. The molecule has 42 heavy (non-hydrogen) atoms. The molecule has 0 atom stereocenters. The molecule has 222 valence electrons. The maximum atomic E-state index is 13.8. The molecule has 0 saturated carbocycles. The van der Waals surface area contributed by atoms with Gasteiger partial charge in [-0.15, -0.1) is 0 Å². The Morgan fingerprint density at radius 3 is 1.93 bits per heavy atom. The normalized spacial score (nSPS) is 20.5. The van der Waals surface area contributed by atoms with Crippen molar-refractivity contribution in [2.24, 2.45) is 10.8 Å². The molecule has 2 aliphatic carbocycles. The maximum Gasteiger partial charge on any atom is 0.416 e. The number of hydrogen-bond donors (Lipinski definition) is 0. The Morgan fingerprint density at radius 1 is 0.905 bits per heavy atom. The van der Waals surface area contributed by atoms with Crippen LogP contribution in [0.4, 0.5) is 18.9 Å². The summed E-state index contributed by atoms with van der Waals surface area (Å²) in [7, 11) is 1.87. The van der Waals surface area contributed by atoms with E-state index in [4.69, 9.17) is 16.3 Å². The third-order valence-corrected chi connectivity index (χ3v) is 8.40. The van der Waals surface area contributed by atoms with Crippen molar-refractivity contribution >= 4 is 28.9 Å². The minimum absolute atomic E-state index is 0.0470. The fraction of sp³-hybridized carbons (Fsp3) is 0.419. The number of carbonyl (C=O) groups is 2. The summed E-state index contributed by atoms with van der Waals surface area (Å²) in [6, 6.07) is 6.50. The summed E-state index contributed by atoms with van der Waals surface area (Å²) < 4.78 is 45.9. The van der Waals surface area contributed by atoms with E-state index in [2.05, 4.69) is 0 Å². The molecule has 3 aliphatic rings. The van der Waals surface area contributed by atoms with Crippen molar-refractivity contribution in [3.8, 4) is 11.5 Å². The number of hydrogen-bond acceptors (Lipinski definition) is 6. The highest BCUT2D eigenvalue weighted by Crippen LogP contribution is 2.55. The van der Waals surface area contributed by atoms with Gasteiger partial charge >= 0.3 is 11.9 Å². The van der Waals surface area contributed by atoms with Gasteiger partial charge in [-0.25, -0.2) is 0 Å². The van der Waals surface area contributed by atoms with Gasteiger partial charge in [-0.1, -0.05) is 39.3 Å². The second kappa shape index (κ2) is 9.97. The number of halogens is 4. The average Bonchev–Trinajstić information content (AvgIpc) is 2.84. The Labute approximate surface area is 246 Å². The van der Waals surface area contributed by atoms with Gasteiger partial charge in [-0.05, 0) is 54.0 Å². The zero-order valence-corrected chi connectivity index (χ0v) is 24.6. The van der Waals surface area contributed by atoms with Crippen LogP contribution in [0.1, 0.15) is 70.4 Å². The number of ether oxygens (including phenoxy) is 1. The van der Waals surface area contributed by atoms with Crippen LogP contribution in [0.15, 0.2) is 58.9 Å². The molecule has 0 unspecified atom stereocenters. The molecule has 0 radical (unpaired) electrons. The van der Waals surface area contributed by atoms with E-state index in [1.165, 1.54) is 12.1 Å². The first kappa shape index (κ1) is 29.8. The molecule has 0 spiro atoms. The number of carbonyl (C=O) groups excluding carboxylic acids is 2. The lowest BCUT2D eigenvalue weighted by Crippen LogP contribution is -2.43. The van der Waals surface area contributed by atoms with Crippen LogP contribution in [0.25, 0.3) is 0 Å². The van der Waals surface area contributed by atoms with Crippen LogP contribution in [-0.4, -0.2) is 28.4 Å². The van der Waals surface area contributed by atoms with Gasteiger partial charge in [0, 0.05) is 65.0 Å². The Kier molecular flexibility index (Phi) is 7.08. The van der Waals surface area contributed by atoms with Crippen molar-refractivity contribution in [2.75, 3.05) is 7.05 Å². The molecule has 7 nitrogen and oxygen atoms in total. The zero-order valence-electron chi connectivity index (χ0n) is 23.8. The van der Waals surface area contributed by atoms with E-state index in [9.17, 15) is 32.9 Å². The summed E-state index contributed by atoms with van der Waals surface area (Å²) >= 11 is 6.43. The zero-order chi connectivity index (χ0) is 30.9. The van der Waals surface area contributed by atoms with Gasteiger partial charge in [0.15, 0.2) is 11.6 Å². The van der Waals surface area contributed by atoms with Crippen LogP contribution >= 0.6 is 11.6 Å². The Hall–Kier alpha value is -3.66. The van der Waals surface area contributed by atoms with Crippen molar-refractivity contribution in [3.05, 3.63) is 85.2 Å². The van der Waals surface area contributed by atoms with Crippen LogP contribution in [0.5, 0.6) is 11.5 Å². The van der Waals surface area contributed by atoms with Crippen LogP contribution in [-0.2, 0) is 15.8 Å². The molecular formula is C31H30ClF3N2O5. The molecule has 0 amide bonds. The smallest absolute Gasteiger partial charge is 0.416 e. The number of nitro benzene ring substituents is 1. The Bertz CT molecular complexity index is 1550. The minimum atomic E-state index is -4.79.